The van der Waals surface area contributed by atoms with Gasteiger partial charge in [0.05, 0.1) is 5.69 Å². The molecule has 5 heteroatoms. The van der Waals surface area contributed by atoms with Gasteiger partial charge >= 0.3 is 0 Å². The first-order chi connectivity index (χ1) is 9.66. The third-order valence-corrected chi connectivity index (χ3v) is 3.30. The first kappa shape index (κ1) is 12.3. The maximum absolute atomic E-state index is 5.80. The van der Waals surface area contributed by atoms with Crippen molar-refractivity contribution in [1.29, 1.82) is 0 Å². The molecule has 5 nitrogen and oxygen atoms in total. The van der Waals surface area contributed by atoms with Gasteiger partial charge in [0.1, 0.15) is 0 Å². The minimum Gasteiger partial charge on any atom is -0.399 e. The molecule has 2 N–H and O–H groups in total. The van der Waals surface area contributed by atoms with Crippen LogP contribution in [0.2, 0.25) is 0 Å². The van der Waals surface area contributed by atoms with Crippen molar-refractivity contribution < 1.29 is 0 Å². The Hall–Kier alpha value is -2.69. The number of para-hydroxylation sites is 1. The van der Waals surface area contributed by atoms with E-state index in [1.165, 1.54) is 0 Å². The molecule has 0 radical (unpaired) electrons. The number of benzene rings is 2. The van der Waals surface area contributed by atoms with Gasteiger partial charge in [-0.2, -0.15) is 4.68 Å². The highest BCUT2D eigenvalue weighted by molar-refractivity contribution is 5.65. The Kier molecular flexibility index (Phi) is 2.95. The fourth-order valence-corrected chi connectivity index (χ4v) is 2.26. The van der Waals surface area contributed by atoms with Crippen molar-refractivity contribution in [3.8, 4) is 17.1 Å². The number of nitrogen functional groups attached to an aromatic ring is 1. The predicted molar refractivity (Wildman–Crippen MR) is 78.5 cm³/mol. The van der Waals surface area contributed by atoms with E-state index in [9.17, 15) is 0 Å². The molecule has 0 bridgehead atoms. The van der Waals surface area contributed by atoms with E-state index < -0.39 is 0 Å². The van der Waals surface area contributed by atoms with Gasteiger partial charge in [0.15, 0.2) is 5.82 Å². The van der Waals surface area contributed by atoms with Crippen LogP contribution >= 0.6 is 0 Å². The molecule has 3 aromatic rings. The van der Waals surface area contributed by atoms with Crippen LogP contribution in [0.4, 0.5) is 5.69 Å². The summed E-state index contributed by atoms with van der Waals surface area (Å²) in [4.78, 5) is 0. The number of aromatic nitrogens is 4. The number of anilines is 1. The smallest absolute Gasteiger partial charge is 0.187 e. The normalized spacial score (nSPS) is 10.7. The van der Waals surface area contributed by atoms with E-state index in [0.717, 1.165) is 33.9 Å². The van der Waals surface area contributed by atoms with Crippen LogP contribution in [0.15, 0.2) is 42.5 Å². The third kappa shape index (κ3) is 2.03. The Morgan fingerprint density at radius 3 is 2.55 bits per heavy atom. The van der Waals surface area contributed by atoms with Crippen LogP contribution in [0.5, 0.6) is 0 Å². The van der Waals surface area contributed by atoms with Gasteiger partial charge in [-0.25, -0.2) is 0 Å². The second kappa shape index (κ2) is 4.77. The van der Waals surface area contributed by atoms with Gasteiger partial charge in [0.25, 0.3) is 0 Å². The molecule has 1 heterocycles. The average molecular weight is 265 g/mol. The molecule has 0 fully saturated rings. The monoisotopic (exact) mass is 265 g/mol. The zero-order chi connectivity index (χ0) is 14.1. The molecule has 0 saturated heterocycles. The van der Waals surface area contributed by atoms with E-state index in [0.29, 0.717) is 0 Å². The largest absolute Gasteiger partial charge is 0.399 e. The van der Waals surface area contributed by atoms with Crippen LogP contribution in [0, 0.1) is 13.8 Å². The molecular formula is C15H15N5. The van der Waals surface area contributed by atoms with Crippen LogP contribution in [0.1, 0.15) is 11.1 Å². The lowest BCUT2D eigenvalue weighted by Gasteiger charge is -2.09. The molecule has 20 heavy (non-hydrogen) atoms. The number of hydrogen-bond acceptors (Lipinski definition) is 4. The summed E-state index contributed by atoms with van der Waals surface area (Å²) in [6.07, 6.45) is 0. The van der Waals surface area contributed by atoms with E-state index in [4.69, 9.17) is 5.73 Å². The van der Waals surface area contributed by atoms with E-state index in [1.54, 1.807) is 4.68 Å². The minimum absolute atomic E-state index is 0.719. The number of tetrazole rings is 1. The van der Waals surface area contributed by atoms with Crippen LogP contribution in [-0.4, -0.2) is 20.2 Å². The zero-order valence-corrected chi connectivity index (χ0v) is 11.4. The quantitative estimate of drug-likeness (QED) is 0.723. The molecular weight excluding hydrogens is 250 g/mol. The maximum atomic E-state index is 5.80. The highest BCUT2D eigenvalue weighted by atomic mass is 15.5. The van der Waals surface area contributed by atoms with Crippen LogP contribution < -0.4 is 5.73 Å². The van der Waals surface area contributed by atoms with Crippen molar-refractivity contribution in [3.05, 3.63) is 53.6 Å². The van der Waals surface area contributed by atoms with Crippen LogP contribution in [0.25, 0.3) is 17.1 Å². The summed E-state index contributed by atoms with van der Waals surface area (Å²) in [6.45, 7) is 4.04. The molecule has 0 unspecified atom stereocenters. The second-order valence-corrected chi connectivity index (χ2v) is 4.78. The lowest BCUT2D eigenvalue weighted by atomic mass is 10.1. The van der Waals surface area contributed by atoms with Crippen molar-refractivity contribution in [1.82, 2.24) is 20.2 Å². The Bertz CT molecular complexity index is 760. The summed E-state index contributed by atoms with van der Waals surface area (Å²) in [7, 11) is 0. The molecule has 0 aliphatic carbocycles. The van der Waals surface area contributed by atoms with Crippen molar-refractivity contribution in [2.75, 3.05) is 5.73 Å². The summed E-state index contributed by atoms with van der Waals surface area (Å²) >= 11 is 0. The maximum Gasteiger partial charge on any atom is 0.187 e. The van der Waals surface area contributed by atoms with E-state index >= 15 is 0 Å². The molecule has 2 aromatic carbocycles. The van der Waals surface area contributed by atoms with Gasteiger partial charge in [0.2, 0.25) is 0 Å². The van der Waals surface area contributed by atoms with E-state index in [-0.39, 0.29) is 0 Å². The Labute approximate surface area is 117 Å². The van der Waals surface area contributed by atoms with Gasteiger partial charge in [-0.15, -0.1) is 5.10 Å². The number of rotatable bonds is 2. The van der Waals surface area contributed by atoms with Gasteiger partial charge in [-0.3, -0.25) is 0 Å². The van der Waals surface area contributed by atoms with Gasteiger partial charge in [0, 0.05) is 11.3 Å². The average Bonchev–Trinajstić information content (AvgIpc) is 2.88. The van der Waals surface area contributed by atoms with Gasteiger partial charge < -0.3 is 5.73 Å². The fraction of sp³-hybridized carbons (Fsp3) is 0.133. The molecule has 100 valence electrons. The summed E-state index contributed by atoms with van der Waals surface area (Å²) < 4.78 is 1.76. The van der Waals surface area contributed by atoms with Gasteiger partial charge in [-0.1, -0.05) is 18.2 Å². The second-order valence-electron chi connectivity index (χ2n) is 4.78. The SMILES string of the molecule is Cc1cc(N)ccc1-c1nnnn1-c1ccccc1C. The summed E-state index contributed by atoms with van der Waals surface area (Å²) in [5.74, 6) is 0.719. The summed E-state index contributed by atoms with van der Waals surface area (Å²) in [5, 5.41) is 12.1. The predicted octanol–water partition coefficient (Wildman–Crippen LogP) is 2.53. The molecule has 0 aliphatic heterocycles. The summed E-state index contributed by atoms with van der Waals surface area (Å²) in [5.41, 5.74) is 10.7. The fourth-order valence-electron chi connectivity index (χ4n) is 2.26. The van der Waals surface area contributed by atoms with E-state index in [1.807, 2.05) is 56.3 Å². The summed E-state index contributed by atoms with van der Waals surface area (Å²) in [6, 6.07) is 13.7. The van der Waals surface area contributed by atoms with Crippen molar-refractivity contribution in [2.45, 2.75) is 13.8 Å². The first-order valence-electron chi connectivity index (χ1n) is 6.37. The Balaban J connectivity index is 2.18. The lowest BCUT2D eigenvalue weighted by Crippen LogP contribution is -2.03. The molecule has 0 aliphatic rings. The molecule has 0 saturated carbocycles. The zero-order valence-electron chi connectivity index (χ0n) is 11.4. The highest BCUT2D eigenvalue weighted by Gasteiger charge is 2.14. The standard InChI is InChI=1S/C15H15N5/c1-10-5-3-4-6-14(10)20-15(17-18-19-20)13-8-7-12(16)9-11(13)2/h3-9H,16H2,1-2H3. The molecule has 0 spiro atoms. The molecule has 1 aromatic heterocycles. The van der Waals surface area contributed by atoms with Crippen molar-refractivity contribution in [3.63, 3.8) is 0 Å². The first-order valence-corrected chi connectivity index (χ1v) is 6.37. The van der Waals surface area contributed by atoms with Crippen LogP contribution in [-0.2, 0) is 0 Å². The number of hydrogen-bond donors (Lipinski definition) is 1. The highest BCUT2D eigenvalue weighted by Crippen LogP contribution is 2.25. The Morgan fingerprint density at radius 1 is 1.00 bits per heavy atom. The van der Waals surface area contributed by atoms with Gasteiger partial charge in [-0.05, 0) is 59.7 Å². The Morgan fingerprint density at radius 2 is 1.80 bits per heavy atom. The molecule has 3 rings (SSSR count). The number of aryl methyl sites for hydroxylation is 2. The minimum atomic E-state index is 0.719. The number of nitrogens with zero attached hydrogens (tertiary/aromatic N) is 4. The van der Waals surface area contributed by atoms with Crippen molar-refractivity contribution in [2.24, 2.45) is 0 Å². The third-order valence-electron chi connectivity index (χ3n) is 3.30. The topological polar surface area (TPSA) is 69.6 Å². The van der Waals surface area contributed by atoms with Crippen molar-refractivity contribution >= 4 is 5.69 Å². The molecule has 0 atom stereocenters. The lowest BCUT2D eigenvalue weighted by molar-refractivity contribution is 0.787. The molecule has 0 amide bonds. The van der Waals surface area contributed by atoms with E-state index in [2.05, 4.69) is 15.5 Å². The van der Waals surface area contributed by atoms with Crippen LogP contribution in [0.3, 0.4) is 0 Å². The number of nitrogens with two attached hydrogens (primary N) is 1.